The fourth-order valence-corrected chi connectivity index (χ4v) is 1.27. The second-order valence-electron chi connectivity index (χ2n) is 4.93. The number of nitrogens with zero attached hydrogens (tertiary/aromatic N) is 1. The van der Waals surface area contributed by atoms with Crippen LogP contribution in [0.1, 0.15) is 24.2 Å². The lowest BCUT2D eigenvalue weighted by Crippen LogP contribution is -2.36. The van der Waals surface area contributed by atoms with Crippen LogP contribution in [0.15, 0.2) is 18.2 Å². The standard InChI is InChI=1S/C12H15FN2O4/c1-12(2,7-16)6-14-11(17)8-3-4-10(15(18)19)9(13)5-8/h3-5,16H,6-7H2,1-2H3,(H,14,17). The fraction of sp³-hybridized carbons (Fsp3) is 0.417. The number of amides is 1. The number of benzene rings is 1. The van der Waals surface area contributed by atoms with Crippen LogP contribution in [0, 0.1) is 21.3 Å². The highest BCUT2D eigenvalue weighted by Gasteiger charge is 2.20. The number of nitro benzene ring substituents is 1. The predicted molar refractivity (Wildman–Crippen MR) is 66.3 cm³/mol. The minimum Gasteiger partial charge on any atom is -0.396 e. The van der Waals surface area contributed by atoms with Gasteiger partial charge in [0.25, 0.3) is 5.91 Å². The van der Waals surface area contributed by atoms with Gasteiger partial charge in [-0.2, -0.15) is 4.39 Å². The first-order valence-corrected chi connectivity index (χ1v) is 5.60. The van der Waals surface area contributed by atoms with Gasteiger partial charge in [0.1, 0.15) is 0 Å². The average molecular weight is 270 g/mol. The van der Waals surface area contributed by atoms with Gasteiger partial charge in [0.2, 0.25) is 5.82 Å². The van der Waals surface area contributed by atoms with Crippen molar-refractivity contribution in [2.24, 2.45) is 5.41 Å². The first-order valence-electron chi connectivity index (χ1n) is 5.60. The minimum absolute atomic E-state index is 0.00293. The van der Waals surface area contributed by atoms with E-state index < -0.39 is 27.8 Å². The largest absolute Gasteiger partial charge is 0.396 e. The molecule has 0 bridgehead atoms. The molecule has 2 N–H and O–H groups in total. The zero-order chi connectivity index (χ0) is 14.6. The number of nitrogens with one attached hydrogen (secondary N) is 1. The van der Waals surface area contributed by atoms with Crippen LogP contribution < -0.4 is 5.32 Å². The summed E-state index contributed by atoms with van der Waals surface area (Å²) in [7, 11) is 0. The molecule has 7 heteroatoms. The van der Waals surface area contributed by atoms with Crippen LogP contribution in [-0.2, 0) is 0 Å². The molecular formula is C12H15FN2O4. The fourth-order valence-electron chi connectivity index (χ4n) is 1.27. The van der Waals surface area contributed by atoms with Crippen molar-refractivity contribution in [2.75, 3.05) is 13.2 Å². The zero-order valence-corrected chi connectivity index (χ0v) is 10.6. The monoisotopic (exact) mass is 270 g/mol. The van der Waals surface area contributed by atoms with Gasteiger partial charge in [-0.3, -0.25) is 14.9 Å². The highest BCUT2D eigenvalue weighted by atomic mass is 19.1. The van der Waals surface area contributed by atoms with Crippen molar-refractivity contribution < 1.29 is 19.2 Å². The molecule has 1 amide bonds. The summed E-state index contributed by atoms with van der Waals surface area (Å²) in [4.78, 5) is 21.3. The Bertz CT molecular complexity index is 503. The Labute approximate surface area is 109 Å². The third kappa shape index (κ3) is 3.99. The molecule has 0 aromatic heterocycles. The summed E-state index contributed by atoms with van der Waals surface area (Å²) in [6, 6.07) is 2.95. The average Bonchev–Trinajstić information content (AvgIpc) is 2.35. The van der Waals surface area contributed by atoms with Crippen LogP contribution in [0.25, 0.3) is 0 Å². The Morgan fingerprint density at radius 2 is 2.16 bits per heavy atom. The number of carbonyl (C=O) groups is 1. The molecule has 0 spiro atoms. The van der Waals surface area contributed by atoms with Crippen molar-refractivity contribution in [3.8, 4) is 0 Å². The Hall–Kier alpha value is -2.02. The molecular weight excluding hydrogens is 255 g/mol. The summed E-state index contributed by atoms with van der Waals surface area (Å²) in [5, 5.41) is 22.0. The topological polar surface area (TPSA) is 92.5 Å². The molecule has 0 saturated carbocycles. The molecule has 1 aromatic carbocycles. The normalized spacial score (nSPS) is 11.2. The van der Waals surface area contributed by atoms with Gasteiger partial charge >= 0.3 is 5.69 Å². The molecule has 0 atom stereocenters. The summed E-state index contributed by atoms with van der Waals surface area (Å²) < 4.78 is 13.3. The molecule has 0 aliphatic rings. The van der Waals surface area contributed by atoms with E-state index in [2.05, 4.69) is 5.32 Å². The zero-order valence-electron chi connectivity index (χ0n) is 10.6. The van der Waals surface area contributed by atoms with E-state index in [1.54, 1.807) is 13.8 Å². The van der Waals surface area contributed by atoms with Crippen LogP contribution in [0.5, 0.6) is 0 Å². The van der Waals surface area contributed by atoms with Crippen molar-refractivity contribution in [3.05, 3.63) is 39.7 Å². The van der Waals surface area contributed by atoms with E-state index in [9.17, 15) is 19.3 Å². The van der Waals surface area contributed by atoms with Gasteiger partial charge in [-0.25, -0.2) is 0 Å². The Balaban J connectivity index is 2.79. The molecule has 19 heavy (non-hydrogen) atoms. The van der Waals surface area contributed by atoms with Crippen molar-refractivity contribution in [2.45, 2.75) is 13.8 Å². The Morgan fingerprint density at radius 1 is 1.53 bits per heavy atom. The van der Waals surface area contributed by atoms with Crippen molar-refractivity contribution in [1.82, 2.24) is 5.32 Å². The van der Waals surface area contributed by atoms with Gasteiger partial charge in [-0.05, 0) is 12.1 Å². The van der Waals surface area contributed by atoms with Crippen molar-refractivity contribution in [3.63, 3.8) is 0 Å². The number of aliphatic hydroxyl groups is 1. The summed E-state index contributed by atoms with van der Waals surface area (Å²) in [5.74, 6) is -1.60. The van der Waals surface area contributed by atoms with Crippen molar-refractivity contribution in [1.29, 1.82) is 0 Å². The second-order valence-corrected chi connectivity index (χ2v) is 4.93. The van der Waals surface area contributed by atoms with Gasteiger partial charge in [-0.1, -0.05) is 13.8 Å². The maximum atomic E-state index is 13.3. The van der Waals surface area contributed by atoms with Crippen LogP contribution in [0.4, 0.5) is 10.1 Å². The molecule has 1 rings (SSSR count). The predicted octanol–water partition coefficient (Wildman–Crippen LogP) is 1.48. The highest BCUT2D eigenvalue weighted by Crippen LogP contribution is 2.18. The molecule has 104 valence electrons. The van der Waals surface area contributed by atoms with Gasteiger partial charge in [0.15, 0.2) is 0 Å². The number of hydrogen-bond acceptors (Lipinski definition) is 4. The summed E-state index contributed by atoms with van der Waals surface area (Å²) in [6.45, 7) is 3.61. The van der Waals surface area contributed by atoms with Gasteiger partial charge in [0, 0.05) is 30.2 Å². The molecule has 0 unspecified atom stereocenters. The van der Waals surface area contributed by atoms with E-state index in [1.807, 2.05) is 0 Å². The number of halogens is 1. The lowest BCUT2D eigenvalue weighted by Gasteiger charge is -2.21. The third-order valence-corrected chi connectivity index (χ3v) is 2.56. The second kappa shape index (κ2) is 5.75. The first-order chi connectivity index (χ1) is 8.76. The van der Waals surface area contributed by atoms with Crippen LogP contribution >= 0.6 is 0 Å². The quantitative estimate of drug-likeness (QED) is 0.626. The SMILES string of the molecule is CC(C)(CO)CNC(=O)c1ccc([N+](=O)[O-])c(F)c1. The Kier molecular flexibility index (Phi) is 4.55. The van der Waals surface area contributed by atoms with Gasteiger partial charge < -0.3 is 10.4 Å². The minimum atomic E-state index is -1.06. The highest BCUT2D eigenvalue weighted by molar-refractivity contribution is 5.94. The van der Waals surface area contributed by atoms with E-state index >= 15 is 0 Å². The van der Waals surface area contributed by atoms with Gasteiger partial charge in [0.05, 0.1) is 4.92 Å². The molecule has 0 fully saturated rings. The van der Waals surface area contributed by atoms with E-state index in [0.717, 1.165) is 12.1 Å². The van der Waals surface area contributed by atoms with Gasteiger partial charge in [-0.15, -0.1) is 0 Å². The van der Waals surface area contributed by atoms with Crippen LogP contribution in [0.3, 0.4) is 0 Å². The lowest BCUT2D eigenvalue weighted by molar-refractivity contribution is -0.387. The summed E-state index contributed by atoms with van der Waals surface area (Å²) >= 11 is 0. The Morgan fingerprint density at radius 3 is 2.63 bits per heavy atom. The lowest BCUT2D eigenvalue weighted by atomic mass is 9.95. The van der Waals surface area contributed by atoms with Crippen LogP contribution in [-0.4, -0.2) is 29.1 Å². The summed E-state index contributed by atoms with van der Waals surface area (Å²) in [6.07, 6.45) is 0. The number of rotatable bonds is 5. The smallest absolute Gasteiger partial charge is 0.304 e. The molecule has 0 radical (unpaired) electrons. The maximum Gasteiger partial charge on any atom is 0.304 e. The molecule has 1 aromatic rings. The number of nitro groups is 1. The summed E-state index contributed by atoms with van der Waals surface area (Å²) in [5.41, 5.74) is -1.17. The molecule has 0 heterocycles. The molecule has 6 nitrogen and oxygen atoms in total. The van der Waals surface area contributed by atoms with Crippen LogP contribution in [0.2, 0.25) is 0 Å². The van der Waals surface area contributed by atoms with E-state index in [4.69, 9.17) is 5.11 Å². The molecule has 0 saturated heterocycles. The molecule has 0 aliphatic carbocycles. The third-order valence-electron chi connectivity index (χ3n) is 2.56. The maximum absolute atomic E-state index is 13.3. The van der Waals surface area contributed by atoms with E-state index in [-0.39, 0.29) is 18.7 Å². The number of carbonyl (C=O) groups excluding carboxylic acids is 1. The number of hydrogen-bond donors (Lipinski definition) is 2. The van der Waals surface area contributed by atoms with E-state index in [0.29, 0.717) is 0 Å². The van der Waals surface area contributed by atoms with Crippen molar-refractivity contribution >= 4 is 11.6 Å². The first kappa shape index (κ1) is 15.0. The van der Waals surface area contributed by atoms with E-state index in [1.165, 1.54) is 6.07 Å². The molecule has 0 aliphatic heterocycles. The number of aliphatic hydroxyl groups excluding tert-OH is 1.